The molecule has 0 radical (unpaired) electrons. The van der Waals surface area contributed by atoms with Gasteiger partial charge in [0.15, 0.2) is 11.4 Å². The van der Waals surface area contributed by atoms with Crippen molar-refractivity contribution in [3.63, 3.8) is 0 Å². The van der Waals surface area contributed by atoms with Crippen LogP contribution in [0.1, 0.15) is 41.3 Å². The molecule has 1 aromatic carbocycles. The molecule has 10 nitrogen and oxygen atoms in total. The number of amides is 2. The van der Waals surface area contributed by atoms with Crippen LogP contribution >= 0.6 is 0 Å². The Morgan fingerprint density at radius 1 is 1.19 bits per heavy atom. The van der Waals surface area contributed by atoms with E-state index in [1.807, 2.05) is 0 Å². The first kappa shape index (κ1) is 21.6. The number of aliphatic hydroxyl groups is 3. The second-order valence-corrected chi connectivity index (χ2v) is 8.42. The summed E-state index contributed by atoms with van der Waals surface area (Å²) in [6, 6.07) is 2.88. The summed E-state index contributed by atoms with van der Waals surface area (Å²) in [5, 5.41) is 45.3. The third kappa shape index (κ3) is 2.90. The van der Waals surface area contributed by atoms with Gasteiger partial charge < -0.3 is 31.5 Å². The molecule has 10 heteroatoms. The summed E-state index contributed by atoms with van der Waals surface area (Å²) in [5.74, 6) is -6.94. The van der Waals surface area contributed by atoms with Crippen molar-refractivity contribution in [3.8, 4) is 5.75 Å². The van der Waals surface area contributed by atoms with Gasteiger partial charge in [-0.3, -0.25) is 19.2 Å². The molecule has 32 heavy (non-hydrogen) atoms. The minimum Gasteiger partial charge on any atom is -0.511 e. The van der Waals surface area contributed by atoms with Gasteiger partial charge in [0.25, 0.3) is 5.91 Å². The first-order valence-corrected chi connectivity index (χ1v) is 10.0. The summed E-state index contributed by atoms with van der Waals surface area (Å²) in [6.07, 6.45) is -0.0377. The molecular weight excluding hydrogens is 420 g/mol. The summed E-state index contributed by atoms with van der Waals surface area (Å²) in [6.45, 7) is 1.47. The number of carbonyl (C=O) groups excluding carboxylic acids is 4. The van der Waals surface area contributed by atoms with Gasteiger partial charge in [-0.2, -0.15) is 0 Å². The van der Waals surface area contributed by atoms with Crippen molar-refractivity contribution in [2.45, 2.75) is 38.3 Å². The number of aromatic hydroxyl groups is 1. The Labute approximate surface area is 182 Å². The number of allylic oxidation sites excluding steroid dienone is 2. The number of rotatable bonds is 3. The number of nitrogens with two attached hydrogens (primary N) is 1. The van der Waals surface area contributed by atoms with Crippen LogP contribution in [0.3, 0.4) is 0 Å². The molecular formula is C22H22N2O8. The molecule has 1 aromatic rings. The highest BCUT2D eigenvalue weighted by Gasteiger charge is 2.59. The first-order valence-electron chi connectivity index (χ1n) is 10.0. The third-order valence-electron chi connectivity index (χ3n) is 6.57. The van der Waals surface area contributed by atoms with Crippen molar-refractivity contribution in [2.75, 3.05) is 0 Å². The van der Waals surface area contributed by atoms with E-state index in [1.54, 1.807) is 6.07 Å². The first-order chi connectivity index (χ1) is 15.0. The zero-order valence-corrected chi connectivity index (χ0v) is 17.1. The topological polar surface area (TPSA) is 187 Å². The van der Waals surface area contributed by atoms with Crippen molar-refractivity contribution in [2.24, 2.45) is 17.6 Å². The fraction of sp³-hybridized carbons (Fsp3) is 0.364. The maximum absolute atomic E-state index is 13.3. The lowest BCUT2D eigenvalue weighted by Crippen LogP contribution is -2.57. The van der Waals surface area contributed by atoms with Gasteiger partial charge in [-0.1, -0.05) is 6.07 Å². The summed E-state index contributed by atoms with van der Waals surface area (Å²) in [4.78, 5) is 49.2. The Hall–Kier alpha value is -3.66. The number of aliphatic hydroxyl groups excluding tert-OH is 2. The molecule has 168 valence electrons. The van der Waals surface area contributed by atoms with Gasteiger partial charge in [0.05, 0.1) is 5.56 Å². The predicted molar refractivity (Wildman–Crippen MR) is 108 cm³/mol. The lowest BCUT2D eigenvalue weighted by atomic mass is 9.60. The van der Waals surface area contributed by atoms with Crippen LogP contribution in [0, 0.1) is 11.8 Å². The van der Waals surface area contributed by atoms with Crippen LogP contribution in [0.5, 0.6) is 5.75 Å². The van der Waals surface area contributed by atoms with Gasteiger partial charge in [-0.15, -0.1) is 0 Å². The third-order valence-corrected chi connectivity index (χ3v) is 6.57. The SMILES string of the molecule is CC(=O)NCc1ccc(O)c2c1CC1CC3CC(O)=C(C(N)=O)C(=O)[C@@]3(O)C(O)=C1C2=O. The van der Waals surface area contributed by atoms with Crippen molar-refractivity contribution < 1.29 is 39.6 Å². The number of benzene rings is 1. The van der Waals surface area contributed by atoms with Crippen LogP contribution in [-0.4, -0.2) is 49.4 Å². The number of phenolic OH excluding ortho intramolecular Hbond substituents is 1. The number of hydrogen-bond donors (Lipinski definition) is 6. The average Bonchev–Trinajstić information content (AvgIpc) is 2.69. The van der Waals surface area contributed by atoms with E-state index in [1.165, 1.54) is 13.0 Å². The highest BCUT2D eigenvalue weighted by Crippen LogP contribution is 2.51. The number of hydrogen-bond acceptors (Lipinski definition) is 8. The molecule has 0 bridgehead atoms. The summed E-state index contributed by atoms with van der Waals surface area (Å²) in [7, 11) is 0. The number of Topliss-reactive ketones (excluding diaryl/α,β-unsaturated/α-hetero) is 2. The fourth-order valence-corrected chi connectivity index (χ4v) is 5.07. The number of fused-ring (bicyclic) bond motifs is 3. The number of primary amides is 1. The molecule has 0 heterocycles. The zero-order chi connectivity index (χ0) is 23.5. The van der Waals surface area contributed by atoms with Crippen LogP contribution in [-0.2, 0) is 27.3 Å². The molecule has 0 saturated carbocycles. The van der Waals surface area contributed by atoms with Gasteiger partial charge in [0.2, 0.25) is 11.7 Å². The summed E-state index contributed by atoms with van der Waals surface area (Å²) >= 11 is 0. The van der Waals surface area contributed by atoms with Crippen LogP contribution in [0.25, 0.3) is 0 Å². The molecule has 7 N–H and O–H groups in total. The fourth-order valence-electron chi connectivity index (χ4n) is 5.07. The van der Waals surface area contributed by atoms with E-state index in [2.05, 4.69) is 5.32 Å². The largest absolute Gasteiger partial charge is 0.511 e. The second kappa shape index (κ2) is 7.20. The number of carbonyl (C=O) groups is 4. The summed E-state index contributed by atoms with van der Waals surface area (Å²) in [5.41, 5.74) is 2.58. The molecule has 3 aliphatic carbocycles. The zero-order valence-electron chi connectivity index (χ0n) is 17.1. The lowest BCUT2D eigenvalue weighted by molar-refractivity contribution is -0.144. The Morgan fingerprint density at radius 2 is 1.88 bits per heavy atom. The van der Waals surface area contributed by atoms with Crippen LogP contribution < -0.4 is 11.1 Å². The normalized spacial score (nSPS) is 26.9. The predicted octanol–water partition coefficient (Wildman–Crippen LogP) is 0.217. The standard InChI is InChI=1S/C22H22N2O8/c1-8(25)24-7-9-2-3-13(26)16-12(9)5-10-4-11-6-14(27)17(21(23)31)20(30)22(11,32)19(29)15(10)18(16)28/h2-3,10-11,26-27,29,32H,4-7H2,1H3,(H2,23,31)(H,24,25)/t10?,11?,22-/m0/s1. The smallest absolute Gasteiger partial charge is 0.255 e. The minimum absolute atomic E-state index is 0.0537. The summed E-state index contributed by atoms with van der Waals surface area (Å²) < 4.78 is 0. The van der Waals surface area contributed by atoms with E-state index in [-0.39, 0.29) is 48.6 Å². The highest BCUT2D eigenvalue weighted by atomic mass is 16.3. The number of nitrogens with one attached hydrogen (secondary N) is 1. The average molecular weight is 442 g/mol. The molecule has 0 aliphatic heterocycles. The molecule has 0 fully saturated rings. The van der Waals surface area contributed by atoms with Gasteiger partial charge in [0.1, 0.15) is 22.8 Å². The van der Waals surface area contributed by atoms with E-state index >= 15 is 0 Å². The van der Waals surface area contributed by atoms with Crippen molar-refractivity contribution in [1.82, 2.24) is 5.32 Å². The monoisotopic (exact) mass is 442 g/mol. The Kier molecular flexibility index (Phi) is 4.85. The molecule has 0 aromatic heterocycles. The van der Waals surface area contributed by atoms with E-state index in [0.717, 1.165) is 0 Å². The second-order valence-electron chi connectivity index (χ2n) is 8.42. The molecule has 0 saturated heterocycles. The Bertz CT molecular complexity index is 1160. The maximum atomic E-state index is 13.3. The van der Waals surface area contributed by atoms with Gasteiger partial charge in [-0.05, 0) is 36.0 Å². The van der Waals surface area contributed by atoms with Crippen LogP contribution in [0.2, 0.25) is 0 Å². The van der Waals surface area contributed by atoms with Crippen LogP contribution in [0.4, 0.5) is 0 Å². The molecule has 2 unspecified atom stereocenters. The van der Waals surface area contributed by atoms with Crippen molar-refractivity contribution in [3.05, 3.63) is 51.5 Å². The van der Waals surface area contributed by atoms with E-state index in [4.69, 9.17) is 5.73 Å². The highest BCUT2D eigenvalue weighted by molar-refractivity contribution is 6.24. The van der Waals surface area contributed by atoms with Gasteiger partial charge in [-0.25, -0.2) is 0 Å². The molecule has 4 rings (SSSR count). The van der Waals surface area contributed by atoms with E-state index in [0.29, 0.717) is 11.1 Å². The quantitative estimate of drug-likeness (QED) is 0.358. The molecule has 3 atom stereocenters. The minimum atomic E-state index is -2.58. The molecule has 2 amide bonds. The maximum Gasteiger partial charge on any atom is 0.255 e. The molecule has 0 spiro atoms. The lowest BCUT2D eigenvalue weighted by Gasteiger charge is -2.45. The van der Waals surface area contributed by atoms with Gasteiger partial charge >= 0.3 is 0 Å². The van der Waals surface area contributed by atoms with Crippen LogP contribution in [0.15, 0.2) is 34.8 Å². The number of phenols is 1. The Balaban J connectivity index is 1.85. The van der Waals surface area contributed by atoms with Crippen molar-refractivity contribution in [1.29, 1.82) is 0 Å². The number of ketones is 2. The van der Waals surface area contributed by atoms with E-state index < -0.39 is 52.0 Å². The van der Waals surface area contributed by atoms with Crippen molar-refractivity contribution >= 4 is 23.4 Å². The molecule has 3 aliphatic rings. The Morgan fingerprint density at radius 3 is 2.50 bits per heavy atom. The van der Waals surface area contributed by atoms with Gasteiger partial charge in [0, 0.05) is 31.4 Å². The van der Waals surface area contributed by atoms with E-state index in [9.17, 15) is 39.6 Å².